The van der Waals surface area contributed by atoms with Crippen molar-refractivity contribution in [3.63, 3.8) is 0 Å². The minimum Gasteiger partial charge on any atom is -0.393 e. The summed E-state index contributed by atoms with van der Waals surface area (Å²) in [4.78, 5) is 0. The predicted octanol–water partition coefficient (Wildman–Crippen LogP) is 2.83. The molecular weight excluding hydrogens is 148 g/mol. The van der Waals surface area contributed by atoms with E-state index in [4.69, 9.17) is 0 Å². The second-order valence-corrected chi connectivity index (χ2v) is 5.12. The highest BCUT2D eigenvalue weighted by atomic mass is 16.3. The number of hydrogen-bond acceptors (Lipinski definition) is 1. The first-order valence-corrected chi connectivity index (χ1v) is 5.13. The van der Waals surface area contributed by atoms with E-state index in [1.165, 1.54) is 19.3 Å². The van der Waals surface area contributed by atoms with Gasteiger partial charge in [0.15, 0.2) is 0 Å². The zero-order valence-electron chi connectivity index (χ0n) is 8.80. The number of rotatable bonds is 1. The Morgan fingerprint density at radius 2 is 2.00 bits per heavy atom. The van der Waals surface area contributed by atoms with E-state index >= 15 is 0 Å². The van der Waals surface area contributed by atoms with Gasteiger partial charge in [-0.3, -0.25) is 0 Å². The molecule has 0 amide bonds. The molecule has 0 saturated heterocycles. The molecular formula is C11H22O. The van der Waals surface area contributed by atoms with Crippen molar-refractivity contribution in [2.45, 2.75) is 53.1 Å². The maximum atomic E-state index is 9.68. The summed E-state index contributed by atoms with van der Waals surface area (Å²) in [5.74, 6) is 1.18. The van der Waals surface area contributed by atoms with E-state index in [-0.39, 0.29) is 6.10 Å². The van der Waals surface area contributed by atoms with Crippen molar-refractivity contribution in [3.05, 3.63) is 0 Å². The summed E-state index contributed by atoms with van der Waals surface area (Å²) in [6.07, 6.45) is 3.75. The van der Waals surface area contributed by atoms with E-state index in [9.17, 15) is 5.11 Å². The van der Waals surface area contributed by atoms with Gasteiger partial charge < -0.3 is 5.11 Å². The van der Waals surface area contributed by atoms with Crippen LogP contribution in [0.2, 0.25) is 0 Å². The van der Waals surface area contributed by atoms with Crippen molar-refractivity contribution in [3.8, 4) is 0 Å². The van der Waals surface area contributed by atoms with Crippen LogP contribution < -0.4 is 0 Å². The molecule has 12 heavy (non-hydrogen) atoms. The fourth-order valence-electron chi connectivity index (χ4n) is 3.12. The van der Waals surface area contributed by atoms with Gasteiger partial charge in [-0.15, -0.1) is 0 Å². The minimum atomic E-state index is -0.143. The molecule has 1 heteroatoms. The van der Waals surface area contributed by atoms with Gasteiger partial charge in [-0.2, -0.15) is 0 Å². The molecule has 3 atom stereocenters. The summed E-state index contributed by atoms with van der Waals surface area (Å²) in [6.45, 7) is 8.80. The lowest BCUT2D eigenvalue weighted by atomic mass is 9.62. The molecule has 0 aromatic carbocycles. The van der Waals surface area contributed by atoms with E-state index in [0.717, 1.165) is 0 Å². The van der Waals surface area contributed by atoms with Crippen LogP contribution in [0.4, 0.5) is 0 Å². The van der Waals surface area contributed by atoms with Crippen LogP contribution in [-0.2, 0) is 0 Å². The topological polar surface area (TPSA) is 20.2 Å². The first-order valence-electron chi connectivity index (χ1n) is 5.13. The molecule has 1 rings (SSSR count). The Morgan fingerprint density at radius 3 is 2.33 bits per heavy atom. The molecule has 0 aromatic heterocycles. The third-order valence-corrected chi connectivity index (χ3v) is 3.52. The average Bonchev–Trinajstić information content (AvgIpc) is 1.82. The average molecular weight is 170 g/mol. The monoisotopic (exact) mass is 170 g/mol. The number of aliphatic hydroxyl groups excluding tert-OH is 1. The summed E-state index contributed by atoms with van der Waals surface area (Å²) in [5, 5.41) is 9.68. The normalized spacial score (nSPS) is 37.8. The van der Waals surface area contributed by atoms with Crippen molar-refractivity contribution in [2.75, 3.05) is 0 Å². The van der Waals surface area contributed by atoms with Gasteiger partial charge in [0.25, 0.3) is 0 Å². The first kappa shape index (κ1) is 10.0. The van der Waals surface area contributed by atoms with Crippen LogP contribution >= 0.6 is 0 Å². The van der Waals surface area contributed by atoms with Crippen molar-refractivity contribution in [1.29, 1.82) is 0 Å². The zero-order chi connectivity index (χ0) is 9.35. The molecule has 1 N–H and O–H groups in total. The largest absolute Gasteiger partial charge is 0.393 e. The van der Waals surface area contributed by atoms with Crippen LogP contribution in [0.15, 0.2) is 0 Å². The van der Waals surface area contributed by atoms with E-state index in [0.29, 0.717) is 17.3 Å². The highest BCUT2D eigenvalue weighted by molar-refractivity contribution is 4.88. The Balaban J connectivity index is 2.74. The van der Waals surface area contributed by atoms with Gasteiger partial charge in [0.1, 0.15) is 0 Å². The lowest BCUT2D eigenvalue weighted by molar-refractivity contribution is -0.0179. The Morgan fingerprint density at radius 1 is 1.42 bits per heavy atom. The van der Waals surface area contributed by atoms with Crippen molar-refractivity contribution in [1.82, 2.24) is 0 Å². The molecule has 0 spiro atoms. The van der Waals surface area contributed by atoms with E-state index in [2.05, 4.69) is 20.8 Å². The molecule has 0 aliphatic heterocycles. The summed E-state index contributed by atoms with van der Waals surface area (Å²) in [5.41, 5.74) is 0.339. The molecule has 0 radical (unpaired) electrons. The second kappa shape index (κ2) is 3.37. The van der Waals surface area contributed by atoms with E-state index in [1.807, 2.05) is 6.92 Å². The summed E-state index contributed by atoms with van der Waals surface area (Å²) < 4.78 is 0. The molecule has 1 saturated carbocycles. The molecule has 72 valence electrons. The van der Waals surface area contributed by atoms with Crippen molar-refractivity contribution < 1.29 is 5.11 Å². The molecule has 0 bridgehead atoms. The Bertz CT molecular complexity index is 149. The van der Waals surface area contributed by atoms with Gasteiger partial charge in [-0.1, -0.05) is 33.6 Å². The highest BCUT2D eigenvalue weighted by Gasteiger charge is 2.39. The number of aliphatic hydroxyl groups is 1. The van der Waals surface area contributed by atoms with Crippen molar-refractivity contribution >= 4 is 0 Å². The molecule has 1 fully saturated rings. The fourth-order valence-corrected chi connectivity index (χ4v) is 3.12. The Labute approximate surface area is 76.2 Å². The van der Waals surface area contributed by atoms with Gasteiger partial charge in [-0.25, -0.2) is 0 Å². The third-order valence-electron chi connectivity index (χ3n) is 3.52. The zero-order valence-corrected chi connectivity index (χ0v) is 8.80. The molecule has 1 aliphatic carbocycles. The van der Waals surface area contributed by atoms with Crippen LogP contribution in [0.25, 0.3) is 0 Å². The van der Waals surface area contributed by atoms with Gasteiger partial charge in [-0.05, 0) is 30.6 Å². The highest BCUT2D eigenvalue weighted by Crippen LogP contribution is 2.45. The Hall–Kier alpha value is -0.0400. The van der Waals surface area contributed by atoms with Crippen molar-refractivity contribution in [2.24, 2.45) is 17.3 Å². The lowest BCUT2D eigenvalue weighted by Crippen LogP contribution is -2.40. The third kappa shape index (κ3) is 1.82. The standard InChI is InChI=1S/C11H22O/c1-8-6-5-7-11(3,4)10(8)9(2)12/h8-10,12H,5-7H2,1-4H3/t8-,9-,10+/m0/s1. The van der Waals surface area contributed by atoms with Gasteiger partial charge in [0.05, 0.1) is 6.10 Å². The SMILES string of the molecule is C[C@H](O)[C@H]1[C@@H](C)CCCC1(C)C. The van der Waals surface area contributed by atoms with Gasteiger partial charge in [0.2, 0.25) is 0 Å². The van der Waals surface area contributed by atoms with Crippen LogP contribution in [0, 0.1) is 17.3 Å². The smallest absolute Gasteiger partial charge is 0.0547 e. The maximum Gasteiger partial charge on any atom is 0.0547 e. The summed E-state index contributed by atoms with van der Waals surface area (Å²) in [6, 6.07) is 0. The molecule has 1 nitrogen and oxygen atoms in total. The van der Waals surface area contributed by atoms with Gasteiger partial charge in [0, 0.05) is 0 Å². The van der Waals surface area contributed by atoms with Crippen LogP contribution in [-0.4, -0.2) is 11.2 Å². The molecule has 0 unspecified atom stereocenters. The lowest BCUT2D eigenvalue weighted by Gasteiger charge is -2.44. The Kier molecular flexibility index (Phi) is 2.82. The predicted molar refractivity (Wildman–Crippen MR) is 52.0 cm³/mol. The quantitative estimate of drug-likeness (QED) is 0.641. The maximum absolute atomic E-state index is 9.68. The van der Waals surface area contributed by atoms with Crippen LogP contribution in [0.1, 0.15) is 47.0 Å². The summed E-state index contributed by atoms with van der Waals surface area (Å²) in [7, 11) is 0. The minimum absolute atomic E-state index is 0.143. The fraction of sp³-hybridized carbons (Fsp3) is 1.00. The van der Waals surface area contributed by atoms with E-state index in [1.54, 1.807) is 0 Å². The van der Waals surface area contributed by atoms with Gasteiger partial charge >= 0.3 is 0 Å². The number of hydrogen-bond donors (Lipinski definition) is 1. The van der Waals surface area contributed by atoms with Crippen LogP contribution in [0.5, 0.6) is 0 Å². The molecule has 0 aromatic rings. The van der Waals surface area contributed by atoms with Crippen LogP contribution in [0.3, 0.4) is 0 Å². The summed E-state index contributed by atoms with van der Waals surface area (Å²) >= 11 is 0. The van der Waals surface area contributed by atoms with E-state index < -0.39 is 0 Å². The molecule has 0 heterocycles. The first-order chi connectivity index (χ1) is 5.45. The second-order valence-electron chi connectivity index (χ2n) is 5.12. The molecule has 1 aliphatic rings.